The second-order valence-electron chi connectivity index (χ2n) is 7.70. The molecule has 0 spiro atoms. The summed E-state index contributed by atoms with van der Waals surface area (Å²) in [7, 11) is -4.38. The molecule has 0 heterocycles. The summed E-state index contributed by atoms with van der Waals surface area (Å²) < 4.78 is 58.5. The van der Waals surface area contributed by atoms with Crippen LogP contribution in [0.5, 0.6) is 5.75 Å². The minimum Gasteiger partial charge on any atom is -0.495 e. The average Bonchev–Trinajstić information content (AvgIpc) is 2.84. The number of rotatable bonds is 9. The summed E-state index contributed by atoms with van der Waals surface area (Å²) in [6, 6.07) is 17.0. The summed E-state index contributed by atoms with van der Waals surface area (Å²) in [4.78, 5) is 12.6. The fourth-order valence-corrected chi connectivity index (χ4v) is 5.09. The lowest BCUT2D eigenvalue weighted by Crippen LogP contribution is -2.28. The molecule has 0 saturated heterocycles. The second-order valence-corrected chi connectivity index (χ2v) is 11.7. The van der Waals surface area contributed by atoms with Gasteiger partial charge in [-0.25, -0.2) is 16.8 Å². The molecule has 186 valence electrons. The summed E-state index contributed by atoms with van der Waals surface area (Å²) in [5.74, 6) is -0.0609. The average molecular weight is 518 g/mol. The Balaban J connectivity index is 1.71. The first kappa shape index (κ1) is 26.0. The molecule has 0 bridgehead atoms. The molecule has 0 atom stereocenters. The van der Waals surface area contributed by atoms with Crippen molar-refractivity contribution in [3.63, 3.8) is 0 Å². The molecule has 0 saturated carbocycles. The van der Waals surface area contributed by atoms with Crippen molar-refractivity contribution in [1.29, 1.82) is 0 Å². The molecule has 3 aromatic rings. The Labute approximate surface area is 205 Å². The second kappa shape index (κ2) is 10.4. The van der Waals surface area contributed by atoms with Crippen LogP contribution >= 0.6 is 0 Å². The SMILES string of the molecule is CCS(=O)(=O)N(C)c1ccc(C(=O)Nc2ccc(S(=O)(=O)Nc3cc(C)ccc3OC)cc2)cc1. The monoisotopic (exact) mass is 517 g/mol. The van der Waals surface area contributed by atoms with E-state index < -0.39 is 26.0 Å². The van der Waals surface area contributed by atoms with E-state index in [1.807, 2.05) is 13.0 Å². The molecule has 9 nitrogen and oxygen atoms in total. The number of methoxy groups -OCH3 is 1. The van der Waals surface area contributed by atoms with Crippen LogP contribution in [0.15, 0.2) is 71.6 Å². The first-order valence-corrected chi connectivity index (χ1v) is 13.7. The molecule has 0 aliphatic rings. The molecule has 0 fully saturated rings. The normalized spacial score (nSPS) is 11.5. The predicted octanol–water partition coefficient (Wildman–Crippen LogP) is 3.84. The van der Waals surface area contributed by atoms with Gasteiger partial charge in [0, 0.05) is 18.3 Å². The minimum absolute atomic E-state index is 0.0172. The Kier molecular flexibility index (Phi) is 7.71. The van der Waals surface area contributed by atoms with Gasteiger partial charge in [-0.2, -0.15) is 0 Å². The molecule has 3 aromatic carbocycles. The number of hydrogen-bond donors (Lipinski definition) is 2. The molecular formula is C24H27N3O6S2. The number of amides is 1. The van der Waals surface area contributed by atoms with E-state index >= 15 is 0 Å². The van der Waals surface area contributed by atoms with Gasteiger partial charge in [0.1, 0.15) is 5.75 Å². The minimum atomic E-state index is -3.88. The van der Waals surface area contributed by atoms with Gasteiger partial charge in [-0.3, -0.25) is 13.8 Å². The Hall–Kier alpha value is -3.57. The van der Waals surface area contributed by atoms with E-state index in [1.54, 1.807) is 31.2 Å². The largest absolute Gasteiger partial charge is 0.495 e. The third-order valence-electron chi connectivity index (χ3n) is 5.30. The highest BCUT2D eigenvalue weighted by atomic mass is 32.2. The molecule has 0 radical (unpaired) electrons. The van der Waals surface area contributed by atoms with Crippen LogP contribution in [0, 0.1) is 6.92 Å². The van der Waals surface area contributed by atoms with Gasteiger partial charge in [-0.15, -0.1) is 0 Å². The van der Waals surface area contributed by atoms with E-state index in [0.29, 0.717) is 28.4 Å². The molecule has 0 aliphatic carbocycles. The number of nitrogens with one attached hydrogen (secondary N) is 2. The number of benzene rings is 3. The number of ether oxygens (including phenoxy) is 1. The van der Waals surface area contributed by atoms with E-state index in [0.717, 1.165) is 9.87 Å². The topological polar surface area (TPSA) is 122 Å². The van der Waals surface area contributed by atoms with E-state index in [9.17, 15) is 21.6 Å². The third-order valence-corrected chi connectivity index (χ3v) is 8.45. The Morgan fingerprint density at radius 3 is 2.14 bits per heavy atom. The molecule has 2 N–H and O–H groups in total. The van der Waals surface area contributed by atoms with Crippen LogP contribution in [0.1, 0.15) is 22.8 Å². The van der Waals surface area contributed by atoms with Crippen molar-refractivity contribution in [2.45, 2.75) is 18.7 Å². The lowest BCUT2D eigenvalue weighted by molar-refractivity contribution is 0.102. The standard InChI is InChI=1S/C24H27N3O6S2/c1-5-34(29,30)27(3)20-11-7-18(8-12-20)24(28)25-19-9-13-21(14-10-19)35(31,32)26-22-16-17(2)6-15-23(22)33-4/h6-16,26H,5H2,1-4H3,(H,25,28). The zero-order valence-corrected chi connectivity index (χ0v) is 21.4. The number of anilines is 3. The summed E-state index contributed by atoms with van der Waals surface area (Å²) in [6.45, 7) is 3.40. The van der Waals surface area contributed by atoms with Crippen LogP contribution in [-0.4, -0.2) is 42.7 Å². The van der Waals surface area contributed by atoms with Crippen LogP contribution in [0.3, 0.4) is 0 Å². The maximum atomic E-state index is 12.8. The number of hydrogen-bond acceptors (Lipinski definition) is 6. The molecule has 0 aliphatic heterocycles. The van der Waals surface area contributed by atoms with E-state index in [1.165, 1.54) is 50.6 Å². The summed E-state index contributed by atoms with van der Waals surface area (Å²) in [5.41, 5.74) is 2.35. The Bertz CT molecular complexity index is 1420. The van der Waals surface area contributed by atoms with E-state index in [-0.39, 0.29) is 10.6 Å². The van der Waals surface area contributed by atoms with Crippen LogP contribution in [0.4, 0.5) is 17.1 Å². The van der Waals surface area contributed by atoms with Crippen molar-refractivity contribution >= 4 is 43.0 Å². The van der Waals surface area contributed by atoms with Crippen LogP contribution in [0.25, 0.3) is 0 Å². The molecule has 1 amide bonds. The van der Waals surface area contributed by atoms with Gasteiger partial charge >= 0.3 is 0 Å². The smallest absolute Gasteiger partial charge is 0.262 e. The zero-order valence-electron chi connectivity index (χ0n) is 19.8. The lowest BCUT2D eigenvalue weighted by atomic mass is 10.2. The number of aryl methyl sites for hydroxylation is 1. The lowest BCUT2D eigenvalue weighted by Gasteiger charge is -2.18. The fraction of sp³-hybridized carbons (Fsp3) is 0.208. The number of carbonyl (C=O) groups excluding carboxylic acids is 1. The number of nitrogens with zero attached hydrogens (tertiary/aromatic N) is 1. The molecule has 0 unspecified atom stereocenters. The zero-order chi connectivity index (χ0) is 25.8. The van der Waals surface area contributed by atoms with Crippen molar-refractivity contribution in [2.24, 2.45) is 0 Å². The van der Waals surface area contributed by atoms with Gasteiger partial charge in [-0.1, -0.05) is 6.07 Å². The highest BCUT2D eigenvalue weighted by Crippen LogP contribution is 2.28. The highest BCUT2D eigenvalue weighted by Gasteiger charge is 2.18. The Morgan fingerprint density at radius 2 is 1.57 bits per heavy atom. The Morgan fingerprint density at radius 1 is 0.943 bits per heavy atom. The van der Waals surface area contributed by atoms with Gasteiger partial charge in [0.05, 0.1) is 29.1 Å². The first-order chi connectivity index (χ1) is 16.5. The molecule has 35 heavy (non-hydrogen) atoms. The van der Waals surface area contributed by atoms with E-state index in [2.05, 4.69) is 10.0 Å². The molecular weight excluding hydrogens is 490 g/mol. The van der Waals surface area contributed by atoms with Crippen molar-refractivity contribution in [2.75, 3.05) is 34.3 Å². The summed E-state index contributed by atoms with van der Waals surface area (Å²) in [6.07, 6.45) is 0. The van der Waals surface area contributed by atoms with Crippen molar-refractivity contribution < 1.29 is 26.4 Å². The van der Waals surface area contributed by atoms with Crippen molar-refractivity contribution in [3.05, 3.63) is 77.9 Å². The number of carbonyl (C=O) groups is 1. The maximum Gasteiger partial charge on any atom is 0.262 e. The van der Waals surface area contributed by atoms with Gasteiger partial charge in [0.25, 0.3) is 15.9 Å². The number of sulfonamides is 2. The molecule has 0 aromatic heterocycles. The van der Waals surface area contributed by atoms with E-state index in [4.69, 9.17) is 4.74 Å². The quantitative estimate of drug-likeness (QED) is 0.445. The third kappa shape index (κ3) is 6.11. The molecule has 3 rings (SSSR count). The highest BCUT2D eigenvalue weighted by molar-refractivity contribution is 7.93. The first-order valence-electron chi connectivity index (χ1n) is 10.6. The predicted molar refractivity (Wildman–Crippen MR) is 137 cm³/mol. The molecule has 11 heteroatoms. The van der Waals surface area contributed by atoms with Gasteiger partial charge in [0.2, 0.25) is 10.0 Å². The van der Waals surface area contributed by atoms with Gasteiger partial charge in [0.15, 0.2) is 0 Å². The van der Waals surface area contributed by atoms with Crippen molar-refractivity contribution in [3.8, 4) is 5.75 Å². The van der Waals surface area contributed by atoms with Gasteiger partial charge in [-0.05, 0) is 80.1 Å². The van der Waals surface area contributed by atoms with Crippen molar-refractivity contribution in [1.82, 2.24) is 0 Å². The fourth-order valence-electron chi connectivity index (χ4n) is 3.20. The van der Waals surface area contributed by atoms with Crippen LogP contribution in [-0.2, 0) is 20.0 Å². The maximum absolute atomic E-state index is 12.8. The van der Waals surface area contributed by atoms with Crippen LogP contribution in [0.2, 0.25) is 0 Å². The van der Waals surface area contributed by atoms with Gasteiger partial charge < -0.3 is 10.1 Å². The summed E-state index contributed by atoms with van der Waals surface area (Å²) in [5, 5.41) is 2.70. The van der Waals surface area contributed by atoms with Crippen LogP contribution < -0.4 is 19.1 Å². The summed E-state index contributed by atoms with van der Waals surface area (Å²) >= 11 is 0.